The zero-order valence-corrected chi connectivity index (χ0v) is 10.7. The van der Waals surface area contributed by atoms with Gasteiger partial charge in [-0.25, -0.2) is 0 Å². The Labute approximate surface area is 92.5 Å². The van der Waals surface area contributed by atoms with Gasteiger partial charge in [0.1, 0.15) is 0 Å². The first kappa shape index (κ1) is 11.2. The Morgan fingerprint density at radius 2 is 2.15 bits per heavy atom. The van der Waals surface area contributed by atoms with Crippen molar-refractivity contribution in [2.45, 2.75) is 33.2 Å². The number of nitrogens with two attached hydrogens (primary N) is 1. The highest BCUT2D eigenvalue weighted by Gasteiger charge is 2.19. The third-order valence-corrected chi connectivity index (χ3v) is 3.82. The van der Waals surface area contributed by atoms with E-state index in [4.69, 9.17) is 5.73 Å². The van der Waals surface area contributed by atoms with E-state index in [0.29, 0.717) is 5.41 Å². The molecule has 1 heterocycles. The van der Waals surface area contributed by atoms with E-state index in [9.17, 15) is 0 Å². The Morgan fingerprint density at radius 1 is 1.54 bits per heavy atom. The largest absolute Gasteiger partial charge is 0.323 e. The predicted molar refractivity (Wildman–Crippen MR) is 63.0 cm³/mol. The topological polar surface area (TPSA) is 26.0 Å². The minimum atomic E-state index is 0.161. The van der Waals surface area contributed by atoms with Crippen LogP contribution in [0.1, 0.15) is 38.1 Å². The summed E-state index contributed by atoms with van der Waals surface area (Å²) in [4.78, 5) is 1.26. The molecule has 0 aliphatic heterocycles. The lowest BCUT2D eigenvalue weighted by Crippen LogP contribution is -2.18. The molecule has 1 aromatic rings. The first-order valence-corrected chi connectivity index (χ1v) is 6.06. The molecule has 0 spiro atoms. The summed E-state index contributed by atoms with van der Waals surface area (Å²) >= 11 is 5.23. The standard InChI is InChI=1S/C10H16BrNS/c1-10(2,3)6-8(12)9-7(11)4-5-13-9/h4-5,8H,6,12H2,1-3H3/t8-/m0/s1. The molecule has 0 fully saturated rings. The smallest absolute Gasteiger partial charge is 0.0406 e. The van der Waals surface area contributed by atoms with E-state index in [-0.39, 0.29) is 6.04 Å². The van der Waals surface area contributed by atoms with Gasteiger partial charge in [0.05, 0.1) is 0 Å². The molecular formula is C10H16BrNS. The fraction of sp³-hybridized carbons (Fsp3) is 0.600. The number of hydrogen-bond acceptors (Lipinski definition) is 2. The fourth-order valence-corrected chi connectivity index (χ4v) is 2.99. The Balaban J connectivity index is 2.69. The summed E-state index contributed by atoms with van der Waals surface area (Å²) < 4.78 is 1.15. The molecule has 1 atom stereocenters. The third-order valence-electron chi connectivity index (χ3n) is 1.81. The molecule has 0 unspecified atom stereocenters. The van der Waals surface area contributed by atoms with Gasteiger partial charge in [0.25, 0.3) is 0 Å². The van der Waals surface area contributed by atoms with Gasteiger partial charge < -0.3 is 5.73 Å². The van der Waals surface area contributed by atoms with Gasteiger partial charge in [-0.2, -0.15) is 0 Å². The van der Waals surface area contributed by atoms with Crippen molar-refractivity contribution in [1.29, 1.82) is 0 Å². The van der Waals surface area contributed by atoms with Crippen LogP contribution in [0.5, 0.6) is 0 Å². The maximum absolute atomic E-state index is 6.11. The number of halogens is 1. The van der Waals surface area contributed by atoms with Crippen molar-refractivity contribution in [2.75, 3.05) is 0 Å². The van der Waals surface area contributed by atoms with Crippen LogP contribution in [0.25, 0.3) is 0 Å². The molecule has 13 heavy (non-hydrogen) atoms. The molecule has 74 valence electrons. The van der Waals surface area contributed by atoms with Gasteiger partial charge in [-0.15, -0.1) is 11.3 Å². The zero-order chi connectivity index (χ0) is 10.1. The maximum atomic E-state index is 6.11. The average Bonchev–Trinajstić information content (AvgIpc) is 2.30. The molecule has 0 aliphatic carbocycles. The van der Waals surface area contributed by atoms with Gasteiger partial charge in [0.15, 0.2) is 0 Å². The molecule has 0 saturated heterocycles. The molecule has 0 bridgehead atoms. The molecule has 1 nitrogen and oxygen atoms in total. The predicted octanol–water partition coefficient (Wildman–Crippen LogP) is 3.95. The van der Waals surface area contributed by atoms with Crippen molar-refractivity contribution in [1.82, 2.24) is 0 Å². The maximum Gasteiger partial charge on any atom is 0.0406 e. The van der Waals surface area contributed by atoms with Gasteiger partial charge in [0.2, 0.25) is 0 Å². The molecule has 0 aliphatic rings. The van der Waals surface area contributed by atoms with Crippen LogP contribution in [0.2, 0.25) is 0 Å². The first-order chi connectivity index (χ1) is 5.90. The molecule has 0 aromatic carbocycles. The SMILES string of the molecule is CC(C)(C)C[C@H](N)c1sccc1Br. The van der Waals surface area contributed by atoms with Crippen LogP contribution >= 0.6 is 27.3 Å². The van der Waals surface area contributed by atoms with Crippen LogP contribution in [-0.4, -0.2) is 0 Å². The fourth-order valence-electron chi connectivity index (χ4n) is 1.32. The Kier molecular flexibility index (Phi) is 3.55. The Hall–Kier alpha value is 0.140. The average molecular weight is 262 g/mol. The van der Waals surface area contributed by atoms with Crippen LogP contribution in [0.3, 0.4) is 0 Å². The van der Waals surface area contributed by atoms with Gasteiger partial charge in [-0.3, -0.25) is 0 Å². The minimum Gasteiger partial charge on any atom is -0.323 e. The summed E-state index contributed by atoms with van der Waals surface area (Å²) in [5, 5.41) is 2.07. The molecule has 0 amide bonds. The highest BCUT2D eigenvalue weighted by Crippen LogP contribution is 2.34. The van der Waals surface area contributed by atoms with Gasteiger partial charge >= 0.3 is 0 Å². The second-order valence-corrected chi connectivity index (χ2v) is 6.31. The minimum absolute atomic E-state index is 0.161. The summed E-state index contributed by atoms with van der Waals surface area (Å²) in [6, 6.07) is 2.22. The molecule has 3 heteroatoms. The molecular weight excluding hydrogens is 246 g/mol. The Morgan fingerprint density at radius 3 is 2.54 bits per heavy atom. The zero-order valence-electron chi connectivity index (χ0n) is 8.30. The monoisotopic (exact) mass is 261 g/mol. The quantitative estimate of drug-likeness (QED) is 0.858. The van der Waals surface area contributed by atoms with Crippen molar-refractivity contribution in [3.05, 3.63) is 20.8 Å². The van der Waals surface area contributed by atoms with Crippen LogP contribution in [0.15, 0.2) is 15.9 Å². The van der Waals surface area contributed by atoms with Crippen molar-refractivity contribution in [3.8, 4) is 0 Å². The lowest BCUT2D eigenvalue weighted by Gasteiger charge is -2.22. The number of thiophene rings is 1. The van der Waals surface area contributed by atoms with E-state index in [1.807, 2.05) is 0 Å². The normalized spacial score (nSPS) is 14.5. The van der Waals surface area contributed by atoms with Crippen molar-refractivity contribution < 1.29 is 0 Å². The van der Waals surface area contributed by atoms with Gasteiger partial charge in [-0.05, 0) is 39.2 Å². The molecule has 2 N–H and O–H groups in total. The van der Waals surface area contributed by atoms with Crippen LogP contribution < -0.4 is 5.73 Å². The van der Waals surface area contributed by atoms with Crippen molar-refractivity contribution >= 4 is 27.3 Å². The van der Waals surface area contributed by atoms with E-state index >= 15 is 0 Å². The second-order valence-electron chi connectivity index (χ2n) is 4.50. The number of hydrogen-bond donors (Lipinski definition) is 1. The van der Waals surface area contributed by atoms with Gasteiger partial charge in [-0.1, -0.05) is 20.8 Å². The van der Waals surface area contributed by atoms with Crippen LogP contribution in [-0.2, 0) is 0 Å². The lowest BCUT2D eigenvalue weighted by atomic mass is 9.88. The summed E-state index contributed by atoms with van der Waals surface area (Å²) in [5.41, 5.74) is 6.40. The van der Waals surface area contributed by atoms with Crippen LogP contribution in [0, 0.1) is 5.41 Å². The van der Waals surface area contributed by atoms with Gasteiger partial charge in [0, 0.05) is 15.4 Å². The summed E-state index contributed by atoms with van der Waals surface area (Å²) in [5.74, 6) is 0. The molecule has 1 rings (SSSR count). The van der Waals surface area contributed by atoms with E-state index in [1.165, 1.54) is 4.88 Å². The second kappa shape index (κ2) is 4.11. The summed E-state index contributed by atoms with van der Waals surface area (Å²) in [6.45, 7) is 6.65. The third kappa shape index (κ3) is 3.41. The first-order valence-electron chi connectivity index (χ1n) is 4.38. The van der Waals surface area contributed by atoms with E-state index in [0.717, 1.165) is 10.9 Å². The van der Waals surface area contributed by atoms with Crippen molar-refractivity contribution in [2.24, 2.45) is 11.1 Å². The van der Waals surface area contributed by atoms with Crippen LogP contribution in [0.4, 0.5) is 0 Å². The number of rotatable bonds is 2. The summed E-state index contributed by atoms with van der Waals surface area (Å²) in [6.07, 6.45) is 1.02. The molecule has 0 radical (unpaired) electrons. The lowest BCUT2D eigenvalue weighted by molar-refractivity contribution is 0.344. The Bertz CT molecular complexity index is 275. The summed E-state index contributed by atoms with van der Waals surface area (Å²) in [7, 11) is 0. The van der Waals surface area contributed by atoms with Crippen molar-refractivity contribution in [3.63, 3.8) is 0 Å². The van der Waals surface area contributed by atoms with E-state index in [1.54, 1.807) is 11.3 Å². The highest BCUT2D eigenvalue weighted by molar-refractivity contribution is 9.10. The molecule has 1 aromatic heterocycles. The molecule has 0 saturated carbocycles. The van der Waals surface area contributed by atoms with E-state index in [2.05, 4.69) is 48.1 Å². The highest BCUT2D eigenvalue weighted by atomic mass is 79.9. The van der Waals surface area contributed by atoms with E-state index < -0.39 is 0 Å².